The number of amides is 4. The van der Waals surface area contributed by atoms with Crippen LogP contribution in [0.25, 0.3) is 0 Å². The van der Waals surface area contributed by atoms with E-state index in [1.165, 1.54) is 10.5 Å². The number of piperidine rings is 1. The maximum absolute atomic E-state index is 12.8. The van der Waals surface area contributed by atoms with Crippen LogP contribution in [0.5, 0.6) is 0 Å². The van der Waals surface area contributed by atoms with Crippen molar-refractivity contribution in [3.05, 3.63) is 35.4 Å². The first kappa shape index (κ1) is 21.1. The minimum Gasteiger partial charge on any atom is -0.348 e. The number of hydrogen-bond acceptors (Lipinski definition) is 3. The van der Waals surface area contributed by atoms with Crippen LogP contribution < -0.4 is 5.32 Å². The SMILES string of the molecule is CC(NC(=O)N(C)C)C(=O)N1CCC2(CC1)CC(C(=O)N(C)C)c1ccccc12. The lowest BCUT2D eigenvalue weighted by Gasteiger charge is -2.41. The van der Waals surface area contributed by atoms with Gasteiger partial charge >= 0.3 is 6.03 Å². The number of nitrogens with one attached hydrogen (secondary N) is 1. The van der Waals surface area contributed by atoms with Crippen molar-refractivity contribution in [2.45, 2.75) is 43.6 Å². The zero-order chi connectivity index (χ0) is 21.3. The number of nitrogens with zero attached hydrogens (tertiary/aromatic N) is 3. The van der Waals surface area contributed by atoms with Gasteiger partial charge in [-0.1, -0.05) is 24.3 Å². The van der Waals surface area contributed by atoms with E-state index < -0.39 is 6.04 Å². The fraction of sp³-hybridized carbons (Fsp3) is 0.591. The molecule has 29 heavy (non-hydrogen) atoms. The van der Waals surface area contributed by atoms with Crippen LogP contribution in [0.2, 0.25) is 0 Å². The summed E-state index contributed by atoms with van der Waals surface area (Å²) in [5, 5.41) is 2.73. The third-order valence-corrected chi connectivity index (χ3v) is 6.39. The van der Waals surface area contributed by atoms with Gasteiger partial charge < -0.3 is 20.0 Å². The Labute approximate surface area is 173 Å². The minimum absolute atomic E-state index is 0.0535. The Bertz CT molecular complexity index is 797. The zero-order valence-electron chi connectivity index (χ0n) is 18.1. The van der Waals surface area contributed by atoms with Crippen molar-refractivity contribution < 1.29 is 14.4 Å². The van der Waals surface area contributed by atoms with Crippen LogP contribution in [0.4, 0.5) is 4.79 Å². The molecule has 0 radical (unpaired) electrons. The van der Waals surface area contributed by atoms with E-state index in [0.717, 1.165) is 24.8 Å². The van der Waals surface area contributed by atoms with Crippen molar-refractivity contribution in [2.75, 3.05) is 41.3 Å². The van der Waals surface area contributed by atoms with Crippen molar-refractivity contribution in [3.8, 4) is 0 Å². The van der Waals surface area contributed by atoms with Gasteiger partial charge in [0.1, 0.15) is 6.04 Å². The van der Waals surface area contributed by atoms with E-state index >= 15 is 0 Å². The largest absolute Gasteiger partial charge is 0.348 e. The highest BCUT2D eigenvalue weighted by molar-refractivity contribution is 5.87. The minimum atomic E-state index is -0.558. The van der Waals surface area contributed by atoms with E-state index in [-0.39, 0.29) is 29.2 Å². The van der Waals surface area contributed by atoms with E-state index in [4.69, 9.17) is 0 Å². The van der Waals surface area contributed by atoms with E-state index in [2.05, 4.69) is 17.4 Å². The number of rotatable bonds is 3. The molecule has 1 saturated heterocycles. The lowest BCUT2D eigenvalue weighted by atomic mass is 9.73. The molecule has 2 aliphatic rings. The Morgan fingerprint density at radius 1 is 1.07 bits per heavy atom. The quantitative estimate of drug-likeness (QED) is 0.841. The molecule has 1 aromatic rings. The molecule has 1 heterocycles. The summed E-state index contributed by atoms with van der Waals surface area (Å²) < 4.78 is 0. The van der Waals surface area contributed by atoms with Crippen molar-refractivity contribution >= 4 is 17.8 Å². The van der Waals surface area contributed by atoms with Crippen LogP contribution >= 0.6 is 0 Å². The first-order valence-electron chi connectivity index (χ1n) is 10.2. The van der Waals surface area contributed by atoms with Crippen LogP contribution in [-0.4, -0.2) is 79.9 Å². The highest BCUT2D eigenvalue weighted by Gasteiger charge is 2.48. The summed E-state index contributed by atoms with van der Waals surface area (Å²) in [5.74, 6) is -0.0168. The van der Waals surface area contributed by atoms with Gasteiger partial charge in [-0.15, -0.1) is 0 Å². The Kier molecular flexibility index (Phi) is 5.87. The average molecular weight is 401 g/mol. The monoisotopic (exact) mass is 400 g/mol. The Morgan fingerprint density at radius 3 is 2.28 bits per heavy atom. The average Bonchev–Trinajstić information content (AvgIpc) is 3.01. The highest BCUT2D eigenvalue weighted by atomic mass is 16.2. The van der Waals surface area contributed by atoms with Gasteiger partial charge in [-0.25, -0.2) is 4.79 Å². The van der Waals surface area contributed by atoms with Gasteiger partial charge in [0.15, 0.2) is 0 Å². The third-order valence-electron chi connectivity index (χ3n) is 6.39. The number of fused-ring (bicyclic) bond motifs is 2. The number of likely N-dealkylation sites (tertiary alicyclic amines) is 1. The van der Waals surface area contributed by atoms with Crippen molar-refractivity contribution in [2.24, 2.45) is 0 Å². The van der Waals surface area contributed by atoms with Crippen LogP contribution in [-0.2, 0) is 15.0 Å². The summed E-state index contributed by atoms with van der Waals surface area (Å²) in [5.41, 5.74) is 2.35. The summed E-state index contributed by atoms with van der Waals surface area (Å²) in [7, 11) is 6.92. The molecule has 7 heteroatoms. The first-order valence-corrected chi connectivity index (χ1v) is 10.2. The number of hydrogen-bond donors (Lipinski definition) is 1. The summed E-state index contributed by atoms with van der Waals surface area (Å²) in [6.07, 6.45) is 2.47. The number of benzene rings is 1. The standard InChI is InChI=1S/C22H32N4O3/c1-15(23-21(29)25(4)5)19(27)26-12-10-22(11-13-26)14-17(20(28)24(2)3)16-8-6-7-9-18(16)22/h6-9,15,17H,10-14H2,1-5H3,(H,23,29). The van der Waals surface area contributed by atoms with Crippen LogP contribution in [0.15, 0.2) is 24.3 Å². The molecular formula is C22H32N4O3. The zero-order valence-corrected chi connectivity index (χ0v) is 18.1. The molecule has 1 aromatic carbocycles. The predicted octanol–water partition coefficient (Wildman–Crippen LogP) is 1.78. The summed E-state index contributed by atoms with van der Waals surface area (Å²) in [4.78, 5) is 42.4. The van der Waals surface area contributed by atoms with Gasteiger partial charge in [0.2, 0.25) is 11.8 Å². The molecule has 0 saturated carbocycles. The van der Waals surface area contributed by atoms with Gasteiger partial charge in [-0.2, -0.15) is 0 Å². The molecule has 1 aliphatic heterocycles. The van der Waals surface area contributed by atoms with E-state index in [0.29, 0.717) is 13.1 Å². The summed E-state index contributed by atoms with van der Waals surface area (Å²) >= 11 is 0. The van der Waals surface area contributed by atoms with Crippen molar-refractivity contribution in [1.82, 2.24) is 20.0 Å². The Hall–Kier alpha value is -2.57. The molecule has 7 nitrogen and oxygen atoms in total. The molecule has 0 aromatic heterocycles. The van der Waals surface area contributed by atoms with E-state index in [1.807, 2.05) is 17.0 Å². The number of carbonyl (C=O) groups excluding carboxylic acids is 3. The molecule has 3 rings (SSSR count). The fourth-order valence-corrected chi connectivity index (χ4v) is 4.71. The van der Waals surface area contributed by atoms with Gasteiger partial charge in [0.25, 0.3) is 0 Å². The lowest BCUT2D eigenvalue weighted by Crippen LogP contribution is -2.53. The van der Waals surface area contributed by atoms with Crippen molar-refractivity contribution in [3.63, 3.8) is 0 Å². The van der Waals surface area contributed by atoms with Gasteiger partial charge in [-0.3, -0.25) is 9.59 Å². The maximum atomic E-state index is 12.8. The summed E-state index contributed by atoms with van der Waals surface area (Å²) in [6, 6.07) is 7.44. The third kappa shape index (κ3) is 3.95. The normalized spacial score (nSPS) is 20.7. The maximum Gasteiger partial charge on any atom is 0.317 e. The molecule has 2 atom stereocenters. The molecular weight excluding hydrogens is 368 g/mol. The second-order valence-electron chi connectivity index (χ2n) is 8.75. The first-order chi connectivity index (χ1) is 13.7. The molecule has 158 valence electrons. The number of carbonyl (C=O) groups is 3. The molecule has 1 aliphatic carbocycles. The van der Waals surface area contributed by atoms with Gasteiger partial charge in [0, 0.05) is 46.7 Å². The van der Waals surface area contributed by atoms with E-state index in [1.54, 1.807) is 40.0 Å². The van der Waals surface area contributed by atoms with Crippen molar-refractivity contribution in [1.29, 1.82) is 0 Å². The Balaban J connectivity index is 1.72. The second-order valence-corrected chi connectivity index (χ2v) is 8.75. The smallest absolute Gasteiger partial charge is 0.317 e. The molecule has 1 spiro atoms. The van der Waals surface area contributed by atoms with Crippen LogP contribution in [0, 0.1) is 0 Å². The molecule has 1 fully saturated rings. The molecule has 0 bridgehead atoms. The van der Waals surface area contributed by atoms with Crippen LogP contribution in [0.3, 0.4) is 0 Å². The fourth-order valence-electron chi connectivity index (χ4n) is 4.71. The lowest BCUT2D eigenvalue weighted by molar-refractivity contribution is -0.135. The Morgan fingerprint density at radius 2 is 1.69 bits per heavy atom. The molecule has 1 N–H and O–H groups in total. The topological polar surface area (TPSA) is 73.0 Å². The molecule has 4 amide bonds. The highest BCUT2D eigenvalue weighted by Crippen LogP contribution is 2.52. The second kappa shape index (κ2) is 8.05. The van der Waals surface area contributed by atoms with Crippen LogP contribution in [0.1, 0.15) is 43.2 Å². The summed E-state index contributed by atoms with van der Waals surface area (Å²) in [6.45, 7) is 3.00. The van der Waals surface area contributed by atoms with Gasteiger partial charge in [-0.05, 0) is 37.3 Å². The number of likely N-dealkylation sites (N-methyl/N-ethyl adjacent to an activating group) is 1. The predicted molar refractivity (Wildman–Crippen MR) is 112 cm³/mol. The van der Waals surface area contributed by atoms with Gasteiger partial charge in [0.05, 0.1) is 5.92 Å². The number of urea groups is 1. The van der Waals surface area contributed by atoms with E-state index in [9.17, 15) is 14.4 Å². The molecule has 2 unspecified atom stereocenters.